The van der Waals surface area contributed by atoms with Crippen LogP contribution in [0.15, 0.2) is 42.5 Å². The van der Waals surface area contributed by atoms with Gasteiger partial charge in [0.15, 0.2) is 23.0 Å². The maximum atomic E-state index is 5.43. The van der Waals surface area contributed by atoms with E-state index in [0.717, 1.165) is 34.3 Å². The molecule has 1 aliphatic heterocycles. The van der Waals surface area contributed by atoms with Crippen molar-refractivity contribution >= 4 is 17.5 Å². The average molecular weight is 394 g/mol. The molecular weight excluding hydrogens is 372 g/mol. The predicted molar refractivity (Wildman–Crippen MR) is 109 cm³/mol. The molecule has 2 N–H and O–H groups in total. The highest BCUT2D eigenvalue weighted by atomic mass is 16.7. The fourth-order valence-electron chi connectivity index (χ4n) is 3.00. The number of fused-ring (bicyclic) bond motifs is 1. The largest absolute Gasteiger partial charge is 0.493 e. The molecule has 1 aromatic heterocycles. The summed E-state index contributed by atoms with van der Waals surface area (Å²) in [5, 5.41) is 6.54. The highest BCUT2D eigenvalue weighted by molar-refractivity contribution is 5.60. The van der Waals surface area contributed by atoms with E-state index >= 15 is 0 Å². The Balaban J connectivity index is 1.47. The third-order valence-electron chi connectivity index (χ3n) is 4.40. The number of hydrogen-bond acceptors (Lipinski definition) is 8. The Morgan fingerprint density at radius 1 is 0.931 bits per heavy atom. The first kappa shape index (κ1) is 18.7. The SMILES string of the molecule is COc1ccc(Nc2nc(C)cc(NCc3ccc4c(c3)OCO4)n2)cc1OC. The van der Waals surface area contributed by atoms with Crippen molar-refractivity contribution in [1.82, 2.24) is 9.97 Å². The van der Waals surface area contributed by atoms with Crippen molar-refractivity contribution < 1.29 is 18.9 Å². The number of aromatic nitrogens is 2. The molecule has 4 rings (SSSR count). The molecule has 0 atom stereocenters. The first-order valence-corrected chi connectivity index (χ1v) is 9.12. The van der Waals surface area contributed by atoms with Crippen LogP contribution in [-0.4, -0.2) is 31.0 Å². The van der Waals surface area contributed by atoms with E-state index in [4.69, 9.17) is 18.9 Å². The number of ether oxygens (including phenoxy) is 4. The zero-order valence-electron chi connectivity index (χ0n) is 16.5. The van der Waals surface area contributed by atoms with Crippen LogP contribution in [0.3, 0.4) is 0 Å². The van der Waals surface area contributed by atoms with Crippen LogP contribution in [0, 0.1) is 6.92 Å². The second-order valence-corrected chi connectivity index (χ2v) is 6.45. The van der Waals surface area contributed by atoms with E-state index in [0.29, 0.717) is 24.0 Å². The van der Waals surface area contributed by atoms with Crippen LogP contribution in [0.4, 0.5) is 17.5 Å². The Labute approximate surface area is 168 Å². The van der Waals surface area contributed by atoms with Crippen molar-refractivity contribution in [2.45, 2.75) is 13.5 Å². The fourth-order valence-corrected chi connectivity index (χ4v) is 3.00. The number of hydrogen-bond donors (Lipinski definition) is 2. The Hall–Kier alpha value is -3.68. The Morgan fingerprint density at radius 2 is 1.76 bits per heavy atom. The lowest BCUT2D eigenvalue weighted by Crippen LogP contribution is -2.06. The van der Waals surface area contributed by atoms with Crippen LogP contribution in [-0.2, 0) is 6.54 Å². The summed E-state index contributed by atoms with van der Waals surface area (Å²) in [6, 6.07) is 13.3. The van der Waals surface area contributed by atoms with Gasteiger partial charge in [-0.1, -0.05) is 6.07 Å². The van der Waals surface area contributed by atoms with E-state index in [9.17, 15) is 0 Å². The lowest BCUT2D eigenvalue weighted by Gasteiger charge is -2.12. The molecule has 8 heteroatoms. The molecule has 0 spiro atoms. The lowest BCUT2D eigenvalue weighted by atomic mass is 10.2. The standard InChI is InChI=1S/C21H22N4O4/c1-13-8-20(22-11-14-4-6-17-19(9-14)29-12-28-17)25-21(23-13)24-15-5-7-16(26-2)18(10-15)27-3/h4-10H,11-12H2,1-3H3,(H2,22,23,24,25). The summed E-state index contributed by atoms with van der Waals surface area (Å²) in [7, 11) is 3.20. The average Bonchev–Trinajstić information content (AvgIpc) is 3.19. The van der Waals surface area contributed by atoms with Crippen LogP contribution in [0.25, 0.3) is 0 Å². The number of rotatable bonds is 7. The molecule has 0 saturated heterocycles. The normalized spacial score (nSPS) is 11.8. The van der Waals surface area contributed by atoms with Crippen LogP contribution in [0.2, 0.25) is 0 Å². The summed E-state index contributed by atoms with van der Waals surface area (Å²) in [5.41, 5.74) is 2.71. The molecule has 0 aliphatic carbocycles. The zero-order chi connectivity index (χ0) is 20.2. The predicted octanol–water partition coefficient (Wildman–Crippen LogP) is 3.89. The third kappa shape index (κ3) is 4.26. The van der Waals surface area contributed by atoms with Gasteiger partial charge in [0, 0.05) is 30.1 Å². The second kappa shape index (κ2) is 8.14. The van der Waals surface area contributed by atoms with Gasteiger partial charge in [-0.25, -0.2) is 4.98 Å². The van der Waals surface area contributed by atoms with Gasteiger partial charge in [-0.3, -0.25) is 0 Å². The molecule has 3 aromatic rings. The third-order valence-corrected chi connectivity index (χ3v) is 4.40. The summed E-state index contributed by atoms with van der Waals surface area (Å²) in [5.74, 6) is 4.04. The van der Waals surface area contributed by atoms with Crippen LogP contribution >= 0.6 is 0 Å². The molecule has 8 nitrogen and oxygen atoms in total. The van der Waals surface area contributed by atoms with Crippen molar-refractivity contribution in [3.8, 4) is 23.0 Å². The second-order valence-electron chi connectivity index (χ2n) is 6.45. The minimum absolute atomic E-state index is 0.266. The number of anilines is 3. The highest BCUT2D eigenvalue weighted by Gasteiger charge is 2.13. The maximum Gasteiger partial charge on any atom is 0.231 e. The van der Waals surface area contributed by atoms with Gasteiger partial charge in [-0.15, -0.1) is 0 Å². The summed E-state index contributed by atoms with van der Waals surface area (Å²) in [6.07, 6.45) is 0. The van der Waals surface area contributed by atoms with E-state index in [1.54, 1.807) is 14.2 Å². The lowest BCUT2D eigenvalue weighted by molar-refractivity contribution is 0.174. The molecular formula is C21H22N4O4. The van der Waals surface area contributed by atoms with Gasteiger partial charge in [0.2, 0.25) is 12.7 Å². The van der Waals surface area contributed by atoms with E-state index in [2.05, 4.69) is 20.6 Å². The summed E-state index contributed by atoms with van der Waals surface area (Å²) in [6.45, 7) is 2.79. The number of nitrogens with zero attached hydrogens (tertiary/aromatic N) is 2. The molecule has 0 radical (unpaired) electrons. The molecule has 1 aliphatic rings. The van der Waals surface area contributed by atoms with E-state index in [1.807, 2.05) is 49.4 Å². The van der Waals surface area contributed by atoms with E-state index < -0.39 is 0 Å². The fraction of sp³-hybridized carbons (Fsp3) is 0.238. The van der Waals surface area contributed by atoms with Gasteiger partial charge >= 0.3 is 0 Å². The molecule has 0 bridgehead atoms. The maximum absolute atomic E-state index is 5.43. The van der Waals surface area contributed by atoms with Crippen molar-refractivity contribution in [1.29, 1.82) is 0 Å². The smallest absolute Gasteiger partial charge is 0.231 e. The number of nitrogens with one attached hydrogen (secondary N) is 2. The first-order valence-electron chi connectivity index (χ1n) is 9.12. The van der Waals surface area contributed by atoms with Gasteiger partial charge in [0.05, 0.1) is 14.2 Å². The molecule has 0 fully saturated rings. The zero-order valence-corrected chi connectivity index (χ0v) is 16.5. The molecule has 0 saturated carbocycles. The van der Waals surface area contributed by atoms with E-state index in [-0.39, 0.29) is 6.79 Å². The minimum Gasteiger partial charge on any atom is -0.493 e. The first-order chi connectivity index (χ1) is 14.1. The van der Waals surface area contributed by atoms with Gasteiger partial charge in [-0.2, -0.15) is 4.98 Å². The van der Waals surface area contributed by atoms with Gasteiger partial charge < -0.3 is 29.6 Å². The molecule has 2 heterocycles. The molecule has 29 heavy (non-hydrogen) atoms. The van der Waals surface area contributed by atoms with Gasteiger partial charge in [0.1, 0.15) is 5.82 Å². The van der Waals surface area contributed by atoms with Crippen LogP contribution < -0.4 is 29.6 Å². The van der Waals surface area contributed by atoms with Gasteiger partial charge in [-0.05, 0) is 36.8 Å². The number of benzene rings is 2. The Kier molecular flexibility index (Phi) is 5.24. The monoisotopic (exact) mass is 394 g/mol. The van der Waals surface area contributed by atoms with Crippen LogP contribution in [0.5, 0.6) is 23.0 Å². The number of aryl methyl sites for hydroxylation is 1. The Morgan fingerprint density at radius 3 is 2.59 bits per heavy atom. The van der Waals surface area contributed by atoms with Crippen molar-refractivity contribution in [2.75, 3.05) is 31.6 Å². The Bertz CT molecular complexity index is 1030. The van der Waals surface area contributed by atoms with Crippen LogP contribution in [0.1, 0.15) is 11.3 Å². The summed E-state index contributed by atoms with van der Waals surface area (Å²) >= 11 is 0. The molecule has 2 aromatic carbocycles. The van der Waals surface area contributed by atoms with Crippen molar-refractivity contribution in [3.63, 3.8) is 0 Å². The quantitative estimate of drug-likeness (QED) is 0.624. The van der Waals surface area contributed by atoms with Gasteiger partial charge in [0.25, 0.3) is 0 Å². The molecule has 150 valence electrons. The summed E-state index contributed by atoms with van der Waals surface area (Å²) < 4.78 is 21.4. The van der Waals surface area contributed by atoms with Crippen molar-refractivity contribution in [2.24, 2.45) is 0 Å². The molecule has 0 unspecified atom stereocenters. The van der Waals surface area contributed by atoms with E-state index in [1.165, 1.54) is 0 Å². The number of methoxy groups -OCH3 is 2. The topological polar surface area (TPSA) is 86.8 Å². The highest BCUT2D eigenvalue weighted by Crippen LogP contribution is 2.33. The van der Waals surface area contributed by atoms with Crippen molar-refractivity contribution in [3.05, 3.63) is 53.7 Å². The molecule has 0 amide bonds. The summed E-state index contributed by atoms with van der Waals surface area (Å²) in [4.78, 5) is 9.01. The minimum atomic E-state index is 0.266.